The molecular weight excluding hydrogens is 296 g/mol. The zero-order valence-electron chi connectivity index (χ0n) is 13.2. The molecule has 2 aromatic rings. The number of halogens is 1. The van der Waals surface area contributed by atoms with Crippen molar-refractivity contribution < 1.29 is 4.79 Å². The Balaban J connectivity index is 1.91. The summed E-state index contributed by atoms with van der Waals surface area (Å²) >= 11 is 5.83. The quantitative estimate of drug-likeness (QED) is 0.903. The highest BCUT2D eigenvalue weighted by atomic mass is 35.5. The number of rotatable bonds is 5. The number of nitrogens with one attached hydrogen (secondary N) is 1. The van der Waals surface area contributed by atoms with Crippen LogP contribution in [0, 0.1) is 13.8 Å². The number of carbonyl (C=O) groups is 1. The van der Waals surface area contributed by atoms with Crippen LogP contribution in [0.5, 0.6) is 0 Å². The lowest BCUT2D eigenvalue weighted by Gasteiger charge is -2.18. The van der Waals surface area contributed by atoms with Crippen molar-refractivity contribution in [2.24, 2.45) is 0 Å². The van der Waals surface area contributed by atoms with Gasteiger partial charge < -0.3 is 5.32 Å². The van der Waals surface area contributed by atoms with E-state index in [0.717, 1.165) is 12.2 Å². The van der Waals surface area contributed by atoms with Crippen LogP contribution in [0.2, 0.25) is 5.02 Å². The van der Waals surface area contributed by atoms with E-state index in [1.165, 1.54) is 16.7 Å². The fourth-order valence-electron chi connectivity index (χ4n) is 2.30. The normalized spacial score (nSPS) is 10.8. The highest BCUT2D eigenvalue weighted by molar-refractivity contribution is 6.30. The van der Waals surface area contributed by atoms with Crippen molar-refractivity contribution in [2.45, 2.75) is 20.4 Å². The molecule has 2 aromatic carbocycles. The second-order valence-electron chi connectivity index (χ2n) is 5.66. The van der Waals surface area contributed by atoms with Crippen LogP contribution in [0.1, 0.15) is 16.7 Å². The van der Waals surface area contributed by atoms with Crippen molar-refractivity contribution in [3.63, 3.8) is 0 Å². The van der Waals surface area contributed by atoms with Gasteiger partial charge in [0.1, 0.15) is 0 Å². The van der Waals surface area contributed by atoms with Crippen LogP contribution in [0.3, 0.4) is 0 Å². The van der Waals surface area contributed by atoms with Gasteiger partial charge in [0.15, 0.2) is 0 Å². The van der Waals surface area contributed by atoms with Gasteiger partial charge in [-0.2, -0.15) is 0 Å². The average Bonchev–Trinajstić information content (AvgIpc) is 2.45. The van der Waals surface area contributed by atoms with E-state index in [1.54, 1.807) is 24.3 Å². The van der Waals surface area contributed by atoms with Gasteiger partial charge in [0.25, 0.3) is 0 Å². The Morgan fingerprint density at radius 1 is 1.14 bits per heavy atom. The SMILES string of the molecule is Cc1ccc(C)c(CN(C)CC(=O)Nc2ccc(Cl)cc2)c1. The first-order chi connectivity index (χ1) is 10.4. The summed E-state index contributed by atoms with van der Waals surface area (Å²) in [4.78, 5) is 14.1. The van der Waals surface area contributed by atoms with Gasteiger partial charge in [-0.3, -0.25) is 9.69 Å². The number of likely N-dealkylation sites (N-methyl/N-ethyl adjacent to an activating group) is 1. The number of nitrogens with zero attached hydrogens (tertiary/aromatic N) is 1. The molecule has 4 heteroatoms. The molecule has 0 spiro atoms. The van der Waals surface area contributed by atoms with Crippen LogP contribution in [0.4, 0.5) is 5.69 Å². The predicted octanol–water partition coefficient (Wildman–Crippen LogP) is 4.03. The molecule has 0 heterocycles. The monoisotopic (exact) mass is 316 g/mol. The summed E-state index contributed by atoms with van der Waals surface area (Å²) in [6.45, 7) is 5.27. The minimum atomic E-state index is -0.0323. The molecule has 0 fully saturated rings. The first-order valence-electron chi connectivity index (χ1n) is 7.24. The molecule has 0 radical (unpaired) electrons. The number of anilines is 1. The Labute approximate surface area is 136 Å². The lowest BCUT2D eigenvalue weighted by molar-refractivity contribution is -0.117. The van der Waals surface area contributed by atoms with Gasteiger partial charge in [-0.15, -0.1) is 0 Å². The third-order valence-corrected chi connectivity index (χ3v) is 3.74. The number of benzene rings is 2. The van der Waals surface area contributed by atoms with E-state index in [0.29, 0.717) is 11.6 Å². The molecule has 0 unspecified atom stereocenters. The lowest BCUT2D eigenvalue weighted by atomic mass is 10.1. The third-order valence-electron chi connectivity index (χ3n) is 3.49. The molecule has 0 atom stereocenters. The predicted molar refractivity (Wildman–Crippen MR) is 92.3 cm³/mol. The van der Waals surface area contributed by atoms with E-state index >= 15 is 0 Å². The maximum absolute atomic E-state index is 12.1. The Hall–Kier alpha value is -1.84. The van der Waals surface area contributed by atoms with Gasteiger partial charge in [-0.05, 0) is 56.3 Å². The van der Waals surface area contributed by atoms with E-state index in [1.807, 2.05) is 11.9 Å². The Morgan fingerprint density at radius 2 is 1.82 bits per heavy atom. The van der Waals surface area contributed by atoms with E-state index < -0.39 is 0 Å². The Morgan fingerprint density at radius 3 is 2.50 bits per heavy atom. The molecule has 1 N–H and O–H groups in total. The summed E-state index contributed by atoms with van der Waals surface area (Å²) in [6.07, 6.45) is 0. The second kappa shape index (κ2) is 7.43. The average molecular weight is 317 g/mol. The van der Waals surface area contributed by atoms with Crippen LogP contribution in [0.25, 0.3) is 0 Å². The molecule has 0 aliphatic rings. The summed E-state index contributed by atoms with van der Waals surface area (Å²) in [5.41, 5.74) is 4.49. The number of carbonyl (C=O) groups excluding carboxylic acids is 1. The van der Waals surface area contributed by atoms with Crippen LogP contribution in [-0.4, -0.2) is 24.4 Å². The number of amides is 1. The number of hydrogen-bond acceptors (Lipinski definition) is 2. The second-order valence-corrected chi connectivity index (χ2v) is 6.09. The maximum Gasteiger partial charge on any atom is 0.238 e. The summed E-state index contributed by atoms with van der Waals surface area (Å²) < 4.78 is 0. The molecule has 0 saturated heterocycles. The highest BCUT2D eigenvalue weighted by Gasteiger charge is 2.09. The molecule has 1 amide bonds. The molecule has 116 valence electrons. The fourth-order valence-corrected chi connectivity index (χ4v) is 2.42. The lowest BCUT2D eigenvalue weighted by Crippen LogP contribution is -2.30. The third kappa shape index (κ3) is 4.86. The minimum absolute atomic E-state index is 0.0323. The van der Waals surface area contributed by atoms with E-state index in [4.69, 9.17) is 11.6 Å². The standard InChI is InChI=1S/C18H21ClN2O/c1-13-4-5-14(2)15(10-13)11-21(3)12-18(22)20-17-8-6-16(19)7-9-17/h4-10H,11-12H2,1-3H3,(H,20,22). The van der Waals surface area contributed by atoms with E-state index in [2.05, 4.69) is 37.4 Å². The number of aryl methyl sites for hydroxylation is 2. The largest absolute Gasteiger partial charge is 0.325 e. The van der Waals surface area contributed by atoms with Crippen LogP contribution >= 0.6 is 11.6 Å². The fraction of sp³-hybridized carbons (Fsp3) is 0.278. The molecule has 0 aromatic heterocycles. The van der Waals surface area contributed by atoms with Crippen molar-refractivity contribution in [1.82, 2.24) is 4.90 Å². The minimum Gasteiger partial charge on any atom is -0.325 e. The molecule has 0 aliphatic heterocycles. The summed E-state index contributed by atoms with van der Waals surface area (Å²) in [6, 6.07) is 13.5. The van der Waals surface area contributed by atoms with Crippen LogP contribution in [-0.2, 0) is 11.3 Å². The summed E-state index contributed by atoms with van der Waals surface area (Å²) in [5.74, 6) is -0.0323. The van der Waals surface area contributed by atoms with E-state index in [-0.39, 0.29) is 5.91 Å². The molecule has 22 heavy (non-hydrogen) atoms. The van der Waals surface area contributed by atoms with E-state index in [9.17, 15) is 4.79 Å². The van der Waals surface area contributed by atoms with Crippen molar-refractivity contribution in [1.29, 1.82) is 0 Å². The summed E-state index contributed by atoms with van der Waals surface area (Å²) in [5, 5.41) is 3.53. The molecular formula is C18H21ClN2O. The van der Waals surface area contributed by atoms with Crippen LogP contribution < -0.4 is 5.32 Å². The van der Waals surface area contributed by atoms with Gasteiger partial charge in [0, 0.05) is 17.3 Å². The topological polar surface area (TPSA) is 32.3 Å². The van der Waals surface area contributed by atoms with Crippen molar-refractivity contribution in [3.8, 4) is 0 Å². The van der Waals surface area contributed by atoms with Gasteiger partial charge in [-0.25, -0.2) is 0 Å². The molecule has 0 aliphatic carbocycles. The smallest absolute Gasteiger partial charge is 0.238 e. The van der Waals surface area contributed by atoms with Crippen molar-refractivity contribution in [3.05, 3.63) is 64.2 Å². The van der Waals surface area contributed by atoms with Gasteiger partial charge in [0.2, 0.25) is 5.91 Å². The van der Waals surface area contributed by atoms with Crippen LogP contribution in [0.15, 0.2) is 42.5 Å². The van der Waals surface area contributed by atoms with Gasteiger partial charge >= 0.3 is 0 Å². The van der Waals surface area contributed by atoms with Crippen molar-refractivity contribution in [2.75, 3.05) is 18.9 Å². The van der Waals surface area contributed by atoms with Gasteiger partial charge in [0.05, 0.1) is 6.54 Å². The Bertz CT molecular complexity index is 653. The first-order valence-corrected chi connectivity index (χ1v) is 7.62. The number of hydrogen-bond donors (Lipinski definition) is 1. The zero-order valence-corrected chi connectivity index (χ0v) is 13.9. The van der Waals surface area contributed by atoms with Crippen molar-refractivity contribution >= 4 is 23.2 Å². The zero-order chi connectivity index (χ0) is 16.1. The highest BCUT2D eigenvalue weighted by Crippen LogP contribution is 2.14. The molecule has 3 nitrogen and oxygen atoms in total. The molecule has 0 saturated carbocycles. The summed E-state index contributed by atoms with van der Waals surface area (Å²) in [7, 11) is 1.95. The first kappa shape index (κ1) is 16.5. The maximum atomic E-state index is 12.1. The Kier molecular flexibility index (Phi) is 5.58. The molecule has 0 bridgehead atoms. The molecule has 2 rings (SSSR count). The van der Waals surface area contributed by atoms with Gasteiger partial charge in [-0.1, -0.05) is 35.4 Å².